The van der Waals surface area contributed by atoms with Gasteiger partial charge in [0, 0.05) is 16.7 Å². The number of hydrogen-bond donors (Lipinski definition) is 2. The van der Waals surface area contributed by atoms with Crippen molar-refractivity contribution in [2.24, 2.45) is 0 Å². The average molecular weight is 520 g/mol. The summed E-state index contributed by atoms with van der Waals surface area (Å²) in [6, 6.07) is 9.64. The number of amides is 1. The number of rotatable bonds is 4. The molecule has 2 heterocycles. The molecular weight excluding hydrogens is 504 g/mol. The third-order valence-electron chi connectivity index (χ3n) is 5.01. The zero-order valence-electron chi connectivity index (χ0n) is 16.8. The van der Waals surface area contributed by atoms with Crippen LogP contribution in [0.4, 0.5) is 5.82 Å². The van der Waals surface area contributed by atoms with Gasteiger partial charge in [0.25, 0.3) is 5.78 Å². The minimum Gasteiger partial charge on any atom is -0.507 e. The molecule has 1 fully saturated rings. The van der Waals surface area contributed by atoms with E-state index < -0.39 is 17.7 Å². The van der Waals surface area contributed by atoms with Crippen LogP contribution in [-0.2, 0) is 9.59 Å². The SMILES string of the molecule is COc1cc([C@H]2C(=C(O)c3ccc(Cl)cc3)C(=O)C(=O)N2c2cc(C)on2)cc(Br)c1O. The maximum absolute atomic E-state index is 13.1. The lowest BCUT2D eigenvalue weighted by molar-refractivity contribution is -0.132. The smallest absolute Gasteiger partial charge is 0.301 e. The average Bonchev–Trinajstić information content (AvgIpc) is 3.31. The van der Waals surface area contributed by atoms with Crippen LogP contribution in [0.3, 0.4) is 0 Å². The van der Waals surface area contributed by atoms with Crippen molar-refractivity contribution < 1.29 is 29.1 Å². The zero-order chi connectivity index (χ0) is 23.2. The lowest BCUT2D eigenvalue weighted by atomic mass is 9.95. The van der Waals surface area contributed by atoms with E-state index in [4.69, 9.17) is 20.9 Å². The summed E-state index contributed by atoms with van der Waals surface area (Å²) in [6.07, 6.45) is 0. The number of benzene rings is 2. The molecular formula is C22H16BrClN2O6. The van der Waals surface area contributed by atoms with Gasteiger partial charge < -0.3 is 19.5 Å². The van der Waals surface area contributed by atoms with Crippen molar-refractivity contribution >= 4 is 50.8 Å². The van der Waals surface area contributed by atoms with E-state index in [2.05, 4.69) is 21.1 Å². The summed E-state index contributed by atoms with van der Waals surface area (Å²) in [4.78, 5) is 27.3. The maximum Gasteiger partial charge on any atom is 0.301 e. The molecule has 4 rings (SSSR count). The first-order valence-corrected chi connectivity index (χ1v) is 10.5. The predicted octanol–water partition coefficient (Wildman–Crippen LogP) is 4.74. The molecule has 0 bridgehead atoms. The molecule has 1 aliphatic heterocycles. The highest BCUT2D eigenvalue weighted by Gasteiger charge is 2.48. The van der Waals surface area contributed by atoms with Gasteiger partial charge in [0.1, 0.15) is 11.5 Å². The van der Waals surface area contributed by atoms with Gasteiger partial charge in [-0.2, -0.15) is 0 Å². The summed E-state index contributed by atoms with van der Waals surface area (Å²) in [5, 5.41) is 25.6. The van der Waals surface area contributed by atoms with Gasteiger partial charge in [0.2, 0.25) is 0 Å². The van der Waals surface area contributed by atoms with Gasteiger partial charge in [-0.15, -0.1) is 0 Å². The van der Waals surface area contributed by atoms with Crippen molar-refractivity contribution in [3.05, 3.63) is 74.4 Å². The Bertz CT molecular complexity index is 1270. The fourth-order valence-corrected chi connectivity index (χ4v) is 4.11. The largest absolute Gasteiger partial charge is 0.507 e. The number of carbonyl (C=O) groups excluding carboxylic acids is 2. The monoisotopic (exact) mass is 518 g/mol. The molecule has 1 atom stereocenters. The number of aromatic nitrogens is 1. The van der Waals surface area contributed by atoms with Crippen molar-refractivity contribution in [1.29, 1.82) is 0 Å². The molecule has 0 radical (unpaired) electrons. The zero-order valence-corrected chi connectivity index (χ0v) is 19.1. The number of anilines is 1. The van der Waals surface area contributed by atoms with Gasteiger partial charge >= 0.3 is 5.91 Å². The molecule has 1 amide bonds. The standard InChI is InChI=1S/C22H16BrClN2O6/c1-10-7-16(25-32-10)26-18(12-8-14(23)20(28)15(9-12)31-2)17(21(29)22(26)30)19(27)11-3-5-13(24)6-4-11/h3-9,18,27-28H,1-2H3/t18-/m0/s1. The summed E-state index contributed by atoms with van der Waals surface area (Å²) in [5.41, 5.74) is 0.540. The number of halogens is 2. The third kappa shape index (κ3) is 3.63. The Kier molecular flexibility index (Phi) is 5.70. The fraction of sp³-hybridized carbons (Fsp3) is 0.136. The van der Waals surface area contributed by atoms with Gasteiger partial charge in [-0.1, -0.05) is 16.8 Å². The second-order valence-corrected chi connectivity index (χ2v) is 8.32. The fourth-order valence-electron chi connectivity index (χ4n) is 3.52. The number of ether oxygens (including phenoxy) is 1. The van der Waals surface area contributed by atoms with Crippen LogP contribution in [0.25, 0.3) is 5.76 Å². The lowest BCUT2D eigenvalue weighted by Gasteiger charge is -2.23. The van der Waals surface area contributed by atoms with Crippen molar-refractivity contribution in [3.8, 4) is 11.5 Å². The number of aromatic hydroxyl groups is 1. The first-order valence-electron chi connectivity index (χ1n) is 9.29. The van der Waals surface area contributed by atoms with Crippen LogP contribution in [0.2, 0.25) is 5.02 Å². The topological polar surface area (TPSA) is 113 Å². The molecule has 3 aromatic rings. The molecule has 32 heavy (non-hydrogen) atoms. The molecule has 0 spiro atoms. The molecule has 1 saturated heterocycles. The van der Waals surface area contributed by atoms with Gasteiger partial charge in [0.05, 0.1) is 23.2 Å². The summed E-state index contributed by atoms with van der Waals surface area (Å²) in [6.45, 7) is 1.65. The van der Waals surface area contributed by atoms with Gasteiger partial charge in [0.15, 0.2) is 17.3 Å². The Balaban J connectivity index is 1.99. The molecule has 0 saturated carbocycles. The molecule has 1 aliphatic rings. The van der Waals surface area contributed by atoms with Crippen LogP contribution >= 0.6 is 27.5 Å². The number of methoxy groups -OCH3 is 1. The molecule has 164 valence electrons. The van der Waals surface area contributed by atoms with Gasteiger partial charge in [-0.25, -0.2) is 0 Å². The van der Waals surface area contributed by atoms with Gasteiger partial charge in [-0.05, 0) is 64.8 Å². The van der Waals surface area contributed by atoms with E-state index in [0.29, 0.717) is 21.9 Å². The molecule has 1 aromatic heterocycles. The van der Waals surface area contributed by atoms with Crippen molar-refractivity contribution in [2.75, 3.05) is 12.0 Å². The van der Waals surface area contributed by atoms with E-state index in [1.165, 1.54) is 37.4 Å². The van der Waals surface area contributed by atoms with Gasteiger partial charge in [-0.3, -0.25) is 14.5 Å². The predicted molar refractivity (Wildman–Crippen MR) is 120 cm³/mol. The number of phenolic OH excluding ortho intramolecular Hbond substituents is 1. The number of hydrogen-bond acceptors (Lipinski definition) is 7. The highest BCUT2D eigenvalue weighted by molar-refractivity contribution is 9.10. The van der Waals surface area contributed by atoms with E-state index >= 15 is 0 Å². The first-order chi connectivity index (χ1) is 15.2. The number of nitrogens with zero attached hydrogens (tertiary/aromatic N) is 2. The molecule has 8 nitrogen and oxygen atoms in total. The van der Waals surface area contributed by atoms with E-state index in [0.717, 1.165) is 4.90 Å². The van der Waals surface area contributed by atoms with Crippen LogP contribution in [0.5, 0.6) is 11.5 Å². The van der Waals surface area contributed by atoms with Crippen LogP contribution in [-0.4, -0.2) is 34.2 Å². The maximum atomic E-state index is 13.1. The van der Waals surface area contributed by atoms with E-state index in [1.807, 2.05) is 0 Å². The summed E-state index contributed by atoms with van der Waals surface area (Å²) < 4.78 is 10.6. The number of Topliss-reactive ketones (excluding diaryl/α,β-unsaturated/α-hetero) is 1. The Labute approximate surface area is 195 Å². The Morgan fingerprint density at radius 3 is 2.50 bits per heavy atom. The quantitative estimate of drug-likeness (QED) is 0.291. The van der Waals surface area contributed by atoms with E-state index in [1.54, 1.807) is 19.1 Å². The highest BCUT2D eigenvalue weighted by Crippen LogP contribution is 2.45. The summed E-state index contributed by atoms with van der Waals surface area (Å²) >= 11 is 9.19. The number of aryl methyl sites for hydroxylation is 1. The van der Waals surface area contributed by atoms with Crippen LogP contribution in [0, 0.1) is 6.92 Å². The number of carbonyl (C=O) groups is 2. The summed E-state index contributed by atoms with van der Waals surface area (Å²) in [5.74, 6) is -1.66. The number of aliphatic hydroxyl groups is 1. The number of ketones is 1. The van der Waals surface area contributed by atoms with Crippen LogP contribution < -0.4 is 9.64 Å². The molecule has 2 aromatic carbocycles. The lowest BCUT2D eigenvalue weighted by Crippen LogP contribution is -2.29. The minimum absolute atomic E-state index is 0.105. The van der Waals surface area contributed by atoms with Crippen molar-refractivity contribution in [3.63, 3.8) is 0 Å². The Morgan fingerprint density at radius 1 is 1.22 bits per heavy atom. The third-order valence-corrected chi connectivity index (χ3v) is 5.87. The van der Waals surface area contributed by atoms with E-state index in [9.17, 15) is 19.8 Å². The molecule has 2 N–H and O–H groups in total. The Hall–Kier alpha value is -3.30. The van der Waals surface area contributed by atoms with Crippen LogP contribution in [0.1, 0.15) is 22.9 Å². The van der Waals surface area contributed by atoms with Crippen molar-refractivity contribution in [1.82, 2.24) is 5.16 Å². The molecule has 10 heteroatoms. The minimum atomic E-state index is -1.07. The molecule has 0 aliphatic carbocycles. The summed E-state index contributed by atoms with van der Waals surface area (Å²) in [7, 11) is 1.37. The molecule has 0 unspecified atom stereocenters. The second kappa shape index (κ2) is 8.33. The second-order valence-electron chi connectivity index (χ2n) is 7.03. The van der Waals surface area contributed by atoms with E-state index in [-0.39, 0.29) is 33.1 Å². The first kappa shape index (κ1) is 21.9. The number of phenols is 1. The van der Waals surface area contributed by atoms with Crippen molar-refractivity contribution in [2.45, 2.75) is 13.0 Å². The normalized spacial score (nSPS) is 17.8. The highest BCUT2D eigenvalue weighted by atomic mass is 79.9. The van der Waals surface area contributed by atoms with Crippen LogP contribution in [0.15, 0.2) is 57.0 Å². The Morgan fingerprint density at radius 2 is 1.91 bits per heavy atom. The number of aliphatic hydroxyl groups excluding tert-OH is 1.